The van der Waals surface area contributed by atoms with Crippen molar-refractivity contribution in [2.75, 3.05) is 0 Å². The maximum Gasteiger partial charge on any atom is 0.123 e. The zero-order valence-electron chi connectivity index (χ0n) is 8.29. The normalized spacial score (nSPS) is 10.1. The summed E-state index contributed by atoms with van der Waals surface area (Å²) in [6.45, 7) is 7.79. The third-order valence-electron chi connectivity index (χ3n) is 1.70. The number of hydrogen-bond acceptors (Lipinski definition) is 1. The summed E-state index contributed by atoms with van der Waals surface area (Å²) in [5, 5.41) is 0. The summed E-state index contributed by atoms with van der Waals surface area (Å²) in [7, 11) is 0. The quantitative estimate of drug-likeness (QED) is 0.640. The summed E-state index contributed by atoms with van der Waals surface area (Å²) in [5.74, 6) is 0.970. The Labute approximate surface area is 80.0 Å². The number of rotatable bonds is 4. The molecule has 0 aliphatic carbocycles. The van der Waals surface area contributed by atoms with Gasteiger partial charge in [0.1, 0.15) is 5.75 Å². The van der Waals surface area contributed by atoms with E-state index in [0.717, 1.165) is 12.2 Å². The second-order valence-electron chi connectivity index (χ2n) is 3.27. The van der Waals surface area contributed by atoms with Gasteiger partial charge in [0.05, 0.1) is 6.10 Å². The van der Waals surface area contributed by atoms with Gasteiger partial charge in [0, 0.05) is 0 Å². The van der Waals surface area contributed by atoms with Gasteiger partial charge in [-0.2, -0.15) is 0 Å². The Bertz CT molecular complexity index is 276. The highest BCUT2D eigenvalue weighted by atomic mass is 16.5. The van der Waals surface area contributed by atoms with E-state index < -0.39 is 0 Å². The Hall–Kier alpha value is -1.24. The first-order valence-corrected chi connectivity index (χ1v) is 4.59. The lowest BCUT2D eigenvalue weighted by Crippen LogP contribution is -2.07. The van der Waals surface area contributed by atoms with Crippen molar-refractivity contribution in [3.8, 4) is 5.75 Å². The molecule has 0 aromatic heterocycles. The van der Waals surface area contributed by atoms with Gasteiger partial charge in [0.2, 0.25) is 0 Å². The summed E-state index contributed by atoms with van der Waals surface area (Å²) in [5.41, 5.74) is 1.20. The molecule has 0 saturated carbocycles. The molecule has 1 aromatic rings. The number of ether oxygens (including phenoxy) is 1. The first-order chi connectivity index (χ1) is 6.24. The van der Waals surface area contributed by atoms with Crippen LogP contribution >= 0.6 is 0 Å². The van der Waals surface area contributed by atoms with Gasteiger partial charge in [0.25, 0.3) is 0 Å². The second-order valence-corrected chi connectivity index (χ2v) is 3.27. The zero-order valence-corrected chi connectivity index (χ0v) is 8.29. The first kappa shape index (κ1) is 9.85. The molecule has 0 heterocycles. The van der Waals surface area contributed by atoms with Gasteiger partial charge in [-0.1, -0.05) is 24.3 Å². The van der Waals surface area contributed by atoms with E-state index in [0.29, 0.717) is 0 Å². The van der Waals surface area contributed by atoms with Crippen molar-refractivity contribution in [2.45, 2.75) is 26.4 Å². The molecule has 0 aliphatic rings. The van der Waals surface area contributed by atoms with Crippen LogP contribution in [0.25, 0.3) is 0 Å². The third kappa shape index (κ3) is 2.94. The monoisotopic (exact) mass is 176 g/mol. The molecule has 1 rings (SSSR count). The van der Waals surface area contributed by atoms with Crippen molar-refractivity contribution in [1.82, 2.24) is 0 Å². The Morgan fingerprint density at radius 1 is 1.38 bits per heavy atom. The van der Waals surface area contributed by atoms with Crippen LogP contribution in [0.3, 0.4) is 0 Å². The molecule has 0 aliphatic heterocycles. The summed E-state index contributed by atoms with van der Waals surface area (Å²) >= 11 is 0. The smallest absolute Gasteiger partial charge is 0.123 e. The molecule has 13 heavy (non-hydrogen) atoms. The molecule has 0 unspecified atom stereocenters. The van der Waals surface area contributed by atoms with Crippen molar-refractivity contribution < 1.29 is 4.74 Å². The molecule has 0 spiro atoms. The molecule has 1 heteroatoms. The summed E-state index contributed by atoms with van der Waals surface area (Å²) < 4.78 is 5.65. The predicted molar refractivity (Wildman–Crippen MR) is 56.1 cm³/mol. The molecular formula is C12H16O. The Morgan fingerprint density at radius 3 is 2.69 bits per heavy atom. The molecule has 0 fully saturated rings. The fourth-order valence-corrected chi connectivity index (χ4v) is 1.20. The van der Waals surface area contributed by atoms with E-state index >= 15 is 0 Å². The van der Waals surface area contributed by atoms with E-state index in [1.807, 2.05) is 38.1 Å². The summed E-state index contributed by atoms with van der Waals surface area (Å²) in [6, 6.07) is 8.08. The number of allylic oxidation sites excluding steroid dienone is 1. The molecule has 1 nitrogen and oxygen atoms in total. The van der Waals surface area contributed by atoms with Crippen molar-refractivity contribution in [2.24, 2.45) is 0 Å². The lowest BCUT2D eigenvalue weighted by Gasteiger charge is -2.12. The van der Waals surface area contributed by atoms with Crippen LogP contribution in [0.15, 0.2) is 36.9 Å². The highest BCUT2D eigenvalue weighted by Crippen LogP contribution is 2.19. The van der Waals surface area contributed by atoms with E-state index in [4.69, 9.17) is 4.74 Å². The van der Waals surface area contributed by atoms with Crippen molar-refractivity contribution >= 4 is 0 Å². The maximum atomic E-state index is 5.65. The minimum atomic E-state index is 0.228. The van der Waals surface area contributed by atoms with Crippen LogP contribution in [0.4, 0.5) is 0 Å². The molecule has 70 valence electrons. The molecule has 0 amide bonds. The van der Waals surface area contributed by atoms with Gasteiger partial charge in [-0.3, -0.25) is 0 Å². The Kier molecular flexibility index (Phi) is 3.56. The minimum Gasteiger partial charge on any atom is -0.491 e. The largest absolute Gasteiger partial charge is 0.491 e. The van der Waals surface area contributed by atoms with Gasteiger partial charge in [-0.25, -0.2) is 0 Å². The standard InChI is InChI=1S/C12H16O/c1-4-7-11-8-5-6-9-12(11)13-10(2)3/h4-6,8-10H,1,7H2,2-3H3. The number of benzene rings is 1. The molecule has 0 bridgehead atoms. The SMILES string of the molecule is C=CCc1ccccc1OC(C)C. The zero-order chi connectivity index (χ0) is 9.68. The van der Waals surface area contributed by atoms with E-state index in [2.05, 4.69) is 12.6 Å². The van der Waals surface area contributed by atoms with Crippen LogP contribution < -0.4 is 4.74 Å². The highest BCUT2D eigenvalue weighted by molar-refractivity contribution is 5.34. The molecular weight excluding hydrogens is 160 g/mol. The maximum absolute atomic E-state index is 5.65. The van der Waals surface area contributed by atoms with E-state index in [1.165, 1.54) is 5.56 Å². The van der Waals surface area contributed by atoms with Crippen molar-refractivity contribution in [1.29, 1.82) is 0 Å². The summed E-state index contributed by atoms with van der Waals surface area (Å²) in [4.78, 5) is 0. The van der Waals surface area contributed by atoms with Gasteiger partial charge >= 0.3 is 0 Å². The number of hydrogen-bond donors (Lipinski definition) is 0. The Balaban J connectivity index is 2.83. The van der Waals surface area contributed by atoms with Gasteiger partial charge in [0.15, 0.2) is 0 Å². The first-order valence-electron chi connectivity index (χ1n) is 4.59. The van der Waals surface area contributed by atoms with E-state index in [-0.39, 0.29) is 6.10 Å². The van der Waals surface area contributed by atoms with E-state index in [9.17, 15) is 0 Å². The van der Waals surface area contributed by atoms with Gasteiger partial charge in [-0.15, -0.1) is 6.58 Å². The lowest BCUT2D eigenvalue weighted by molar-refractivity contribution is 0.240. The topological polar surface area (TPSA) is 9.23 Å². The predicted octanol–water partition coefficient (Wildman–Crippen LogP) is 3.20. The summed E-state index contributed by atoms with van der Waals surface area (Å²) in [6.07, 6.45) is 2.98. The lowest BCUT2D eigenvalue weighted by atomic mass is 10.1. The molecule has 1 aromatic carbocycles. The van der Waals surface area contributed by atoms with Crippen LogP contribution in [-0.2, 0) is 6.42 Å². The van der Waals surface area contributed by atoms with Crippen molar-refractivity contribution in [3.05, 3.63) is 42.5 Å². The van der Waals surface area contributed by atoms with Crippen LogP contribution in [0.1, 0.15) is 19.4 Å². The molecule has 0 saturated heterocycles. The average molecular weight is 176 g/mol. The van der Waals surface area contributed by atoms with Gasteiger partial charge in [-0.05, 0) is 31.9 Å². The molecule has 0 N–H and O–H groups in total. The molecule has 0 radical (unpaired) electrons. The van der Waals surface area contributed by atoms with Crippen molar-refractivity contribution in [3.63, 3.8) is 0 Å². The van der Waals surface area contributed by atoms with E-state index in [1.54, 1.807) is 0 Å². The minimum absolute atomic E-state index is 0.228. The van der Waals surface area contributed by atoms with Crippen LogP contribution in [-0.4, -0.2) is 6.10 Å². The Morgan fingerprint density at radius 2 is 2.08 bits per heavy atom. The number of para-hydroxylation sites is 1. The van der Waals surface area contributed by atoms with Crippen LogP contribution in [0.2, 0.25) is 0 Å². The van der Waals surface area contributed by atoms with Crippen LogP contribution in [0.5, 0.6) is 5.75 Å². The van der Waals surface area contributed by atoms with Crippen LogP contribution in [0, 0.1) is 0 Å². The van der Waals surface area contributed by atoms with Gasteiger partial charge < -0.3 is 4.74 Å². The second kappa shape index (κ2) is 4.70. The fourth-order valence-electron chi connectivity index (χ4n) is 1.20. The molecule has 0 atom stereocenters. The third-order valence-corrected chi connectivity index (χ3v) is 1.70. The highest BCUT2D eigenvalue weighted by Gasteiger charge is 2.02. The average Bonchev–Trinajstić information content (AvgIpc) is 2.08. The fraction of sp³-hybridized carbons (Fsp3) is 0.333.